The third-order valence-electron chi connectivity index (χ3n) is 4.80. The van der Waals surface area contributed by atoms with Crippen molar-refractivity contribution < 1.29 is 13.9 Å². The summed E-state index contributed by atoms with van der Waals surface area (Å²) < 4.78 is 10.9. The Morgan fingerprint density at radius 2 is 1.89 bits per heavy atom. The Labute approximate surface area is 161 Å². The minimum absolute atomic E-state index is 0.0689. The van der Waals surface area contributed by atoms with Crippen LogP contribution in [0.15, 0.2) is 62.6 Å². The van der Waals surface area contributed by atoms with Crippen molar-refractivity contribution in [2.75, 3.05) is 0 Å². The van der Waals surface area contributed by atoms with Crippen molar-refractivity contribution in [2.24, 2.45) is 0 Å². The normalized spacial score (nSPS) is 14.1. The molecule has 138 valence electrons. The van der Waals surface area contributed by atoms with Crippen LogP contribution < -0.4 is 5.63 Å². The summed E-state index contributed by atoms with van der Waals surface area (Å²) in [5.41, 5.74) is 3.38. The number of thioether (sulfide) groups is 1. The first kappa shape index (κ1) is 17.9. The molecule has 2 aromatic carbocycles. The summed E-state index contributed by atoms with van der Waals surface area (Å²) in [6.07, 6.45) is 3.17. The molecule has 0 aliphatic heterocycles. The number of rotatable bonds is 5. The van der Waals surface area contributed by atoms with E-state index < -0.39 is 5.63 Å². The second-order valence-electron chi connectivity index (χ2n) is 6.74. The van der Waals surface area contributed by atoms with Gasteiger partial charge in [-0.1, -0.05) is 18.2 Å². The van der Waals surface area contributed by atoms with E-state index in [4.69, 9.17) is 9.15 Å². The third-order valence-corrected chi connectivity index (χ3v) is 5.89. The standard InChI is InChI=1S/C22H20O4S/c1-14(27-18-8-3-2-4-9-18)22(24)25-13-17-12-21(23)26-20-11-16-7-5-6-15(16)10-19(17)20/h2-4,8-12,14H,5-7,13H2,1H3. The summed E-state index contributed by atoms with van der Waals surface area (Å²) in [4.78, 5) is 25.3. The van der Waals surface area contributed by atoms with E-state index in [2.05, 4.69) is 6.07 Å². The highest BCUT2D eigenvalue weighted by molar-refractivity contribution is 8.00. The molecule has 0 saturated heterocycles. The molecule has 0 spiro atoms. The Morgan fingerprint density at radius 1 is 1.15 bits per heavy atom. The van der Waals surface area contributed by atoms with E-state index in [0.29, 0.717) is 11.1 Å². The summed E-state index contributed by atoms with van der Waals surface area (Å²) in [6.45, 7) is 1.89. The van der Waals surface area contributed by atoms with Crippen molar-refractivity contribution in [1.82, 2.24) is 0 Å². The van der Waals surface area contributed by atoms with E-state index in [9.17, 15) is 9.59 Å². The first-order valence-corrected chi connectivity index (χ1v) is 9.95. The van der Waals surface area contributed by atoms with Gasteiger partial charge in [-0.05, 0) is 61.6 Å². The van der Waals surface area contributed by atoms with Gasteiger partial charge in [-0.2, -0.15) is 0 Å². The van der Waals surface area contributed by atoms with E-state index in [-0.39, 0.29) is 17.8 Å². The molecule has 0 saturated carbocycles. The Kier molecular flexibility index (Phi) is 5.03. The number of ether oxygens (including phenoxy) is 1. The van der Waals surface area contributed by atoms with Crippen molar-refractivity contribution >= 4 is 28.7 Å². The predicted octanol–water partition coefficient (Wildman–Crippen LogP) is 4.51. The maximum Gasteiger partial charge on any atom is 0.336 e. The Bertz CT molecular complexity index is 1040. The van der Waals surface area contributed by atoms with Gasteiger partial charge in [-0.15, -0.1) is 11.8 Å². The smallest absolute Gasteiger partial charge is 0.336 e. The molecule has 0 radical (unpaired) electrons. The molecule has 3 aromatic rings. The van der Waals surface area contributed by atoms with Gasteiger partial charge >= 0.3 is 11.6 Å². The van der Waals surface area contributed by atoms with E-state index in [1.807, 2.05) is 43.3 Å². The topological polar surface area (TPSA) is 56.5 Å². The van der Waals surface area contributed by atoms with Gasteiger partial charge in [0, 0.05) is 21.9 Å². The van der Waals surface area contributed by atoms with Crippen LogP contribution in [-0.2, 0) is 29.0 Å². The summed E-state index contributed by atoms with van der Waals surface area (Å²) in [5, 5.41) is 0.523. The second-order valence-corrected chi connectivity index (χ2v) is 8.16. The van der Waals surface area contributed by atoms with E-state index >= 15 is 0 Å². The van der Waals surface area contributed by atoms with Gasteiger partial charge in [-0.3, -0.25) is 4.79 Å². The largest absolute Gasteiger partial charge is 0.460 e. The summed E-state index contributed by atoms with van der Waals surface area (Å²) in [6, 6.07) is 15.2. The molecule has 0 bridgehead atoms. The summed E-state index contributed by atoms with van der Waals surface area (Å²) >= 11 is 1.46. The lowest BCUT2D eigenvalue weighted by molar-refractivity contribution is -0.143. The fraction of sp³-hybridized carbons (Fsp3) is 0.273. The summed E-state index contributed by atoms with van der Waals surface area (Å²) in [5.74, 6) is -0.300. The average Bonchev–Trinajstić information content (AvgIpc) is 3.12. The second kappa shape index (κ2) is 7.61. The first-order valence-electron chi connectivity index (χ1n) is 9.07. The molecule has 4 nitrogen and oxygen atoms in total. The summed E-state index contributed by atoms with van der Waals surface area (Å²) in [7, 11) is 0. The van der Waals surface area contributed by atoms with E-state index in [1.54, 1.807) is 0 Å². The number of hydrogen-bond donors (Lipinski definition) is 0. The minimum Gasteiger partial charge on any atom is -0.460 e. The number of hydrogen-bond acceptors (Lipinski definition) is 5. The molecule has 1 aliphatic carbocycles. The van der Waals surface area contributed by atoms with Crippen LogP contribution in [0.4, 0.5) is 0 Å². The van der Waals surface area contributed by atoms with Crippen LogP contribution >= 0.6 is 11.8 Å². The zero-order chi connectivity index (χ0) is 18.8. The molecule has 5 heteroatoms. The first-order chi connectivity index (χ1) is 13.1. The zero-order valence-corrected chi connectivity index (χ0v) is 15.9. The lowest BCUT2D eigenvalue weighted by Crippen LogP contribution is -2.17. The fourth-order valence-corrected chi connectivity index (χ4v) is 4.32. The van der Waals surface area contributed by atoms with Gasteiger partial charge in [0.2, 0.25) is 0 Å². The van der Waals surface area contributed by atoms with E-state index in [1.165, 1.54) is 29.0 Å². The highest BCUT2D eigenvalue weighted by Gasteiger charge is 2.18. The van der Waals surface area contributed by atoms with Gasteiger partial charge in [0.15, 0.2) is 0 Å². The molecule has 1 aromatic heterocycles. The molecule has 1 unspecified atom stereocenters. The molecule has 1 heterocycles. The van der Waals surface area contributed by atoms with Crippen molar-refractivity contribution in [3.8, 4) is 0 Å². The van der Waals surface area contributed by atoms with Crippen LogP contribution in [0.3, 0.4) is 0 Å². The Hall–Kier alpha value is -2.53. The molecule has 0 fully saturated rings. The molecule has 0 N–H and O–H groups in total. The lowest BCUT2D eigenvalue weighted by atomic mass is 10.0. The third kappa shape index (κ3) is 3.93. The number of carbonyl (C=O) groups excluding carboxylic acids is 1. The van der Waals surface area contributed by atoms with Crippen molar-refractivity contribution in [1.29, 1.82) is 0 Å². The molecule has 1 atom stereocenters. The minimum atomic E-state index is -0.418. The highest BCUT2D eigenvalue weighted by atomic mass is 32.2. The Balaban J connectivity index is 1.51. The van der Waals surface area contributed by atoms with Gasteiger partial charge < -0.3 is 9.15 Å². The highest BCUT2D eigenvalue weighted by Crippen LogP contribution is 2.29. The lowest BCUT2D eigenvalue weighted by Gasteiger charge is -2.12. The van der Waals surface area contributed by atoms with Gasteiger partial charge in [0.25, 0.3) is 0 Å². The average molecular weight is 380 g/mol. The number of carbonyl (C=O) groups is 1. The number of benzene rings is 2. The SMILES string of the molecule is CC(Sc1ccccc1)C(=O)OCc1cc(=O)oc2cc3c(cc12)CCC3. The van der Waals surface area contributed by atoms with Crippen LogP contribution in [0.25, 0.3) is 11.0 Å². The van der Waals surface area contributed by atoms with Crippen LogP contribution in [-0.4, -0.2) is 11.2 Å². The number of aryl methyl sites for hydroxylation is 2. The predicted molar refractivity (Wildman–Crippen MR) is 106 cm³/mol. The molecular weight excluding hydrogens is 360 g/mol. The van der Waals surface area contributed by atoms with Gasteiger partial charge in [0.1, 0.15) is 17.4 Å². The molecular formula is C22H20O4S. The molecule has 4 rings (SSSR count). The van der Waals surface area contributed by atoms with Gasteiger partial charge in [-0.25, -0.2) is 4.79 Å². The van der Waals surface area contributed by atoms with Crippen molar-refractivity contribution in [2.45, 2.75) is 42.9 Å². The Morgan fingerprint density at radius 3 is 2.67 bits per heavy atom. The van der Waals surface area contributed by atoms with Crippen molar-refractivity contribution in [3.05, 3.63) is 75.6 Å². The molecule has 27 heavy (non-hydrogen) atoms. The number of fused-ring (bicyclic) bond motifs is 2. The van der Waals surface area contributed by atoms with Crippen LogP contribution in [0.5, 0.6) is 0 Å². The quantitative estimate of drug-likeness (QED) is 0.370. The maximum absolute atomic E-state index is 12.4. The van der Waals surface area contributed by atoms with Crippen molar-refractivity contribution in [3.63, 3.8) is 0 Å². The monoisotopic (exact) mass is 380 g/mol. The van der Waals surface area contributed by atoms with Gasteiger partial charge in [0.05, 0.1) is 0 Å². The van der Waals surface area contributed by atoms with E-state index in [0.717, 1.165) is 29.5 Å². The van der Waals surface area contributed by atoms with Crippen LogP contribution in [0.2, 0.25) is 0 Å². The number of esters is 1. The maximum atomic E-state index is 12.4. The molecule has 0 amide bonds. The molecule has 1 aliphatic rings. The zero-order valence-electron chi connectivity index (χ0n) is 15.1. The fourth-order valence-electron chi connectivity index (χ4n) is 3.43. The van der Waals surface area contributed by atoms with Crippen LogP contribution in [0, 0.1) is 0 Å². The van der Waals surface area contributed by atoms with Crippen LogP contribution in [0.1, 0.15) is 30.0 Å².